The number of hydrogen-bond acceptors (Lipinski definition) is 7. The zero-order valence-electron chi connectivity index (χ0n) is 14.4. The van der Waals surface area contributed by atoms with E-state index in [4.69, 9.17) is 4.74 Å². The lowest BCUT2D eigenvalue weighted by molar-refractivity contribution is 0.460. The van der Waals surface area contributed by atoms with Gasteiger partial charge in [0, 0.05) is 31.1 Å². The Bertz CT molecular complexity index is 999. The quantitative estimate of drug-likeness (QED) is 0.678. The number of allylic oxidation sites excluding steroid dienone is 1. The van der Waals surface area contributed by atoms with Gasteiger partial charge in [-0.3, -0.25) is 4.98 Å². The molecular weight excluding hydrogens is 340 g/mol. The van der Waals surface area contributed by atoms with E-state index >= 15 is 0 Å². The molecule has 7 heteroatoms. The largest absolute Gasteiger partial charge is 0.437 e. The number of hydrogen-bond donors (Lipinski definition) is 2. The van der Waals surface area contributed by atoms with E-state index in [2.05, 4.69) is 31.7 Å². The maximum atomic E-state index is 9.62. The zero-order chi connectivity index (χ0) is 18.5. The monoisotopic (exact) mass is 356 g/mol. The van der Waals surface area contributed by atoms with E-state index in [0.29, 0.717) is 35.4 Å². The highest BCUT2D eigenvalue weighted by Crippen LogP contribution is 2.35. The van der Waals surface area contributed by atoms with Crippen LogP contribution in [0.25, 0.3) is 5.57 Å². The Morgan fingerprint density at radius 1 is 1.07 bits per heavy atom. The van der Waals surface area contributed by atoms with Crippen molar-refractivity contribution in [3.05, 3.63) is 78.2 Å². The summed E-state index contributed by atoms with van der Waals surface area (Å²) in [4.78, 5) is 12.9. The molecule has 2 N–H and O–H groups in total. The van der Waals surface area contributed by atoms with E-state index < -0.39 is 0 Å². The Hall–Kier alpha value is -3.92. The molecule has 0 amide bonds. The minimum atomic E-state index is 0.321. The van der Waals surface area contributed by atoms with Crippen LogP contribution in [-0.4, -0.2) is 21.5 Å². The first-order valence-electron chi connectivity index (χ1n) is 8.49. The molecular formula is C20H16N6O. The second kappa shape index (κ2) is 7.54. The summed E-state index contributed by atoms with van der Waals surface area (Å²) in [6.07, 6.45) is 4.14. The predicted molar refractivity (Wildman–Crippen MR) is 102 cm³/mol. The number of nitrogens with one attached hydrogen (secondary N) is 2. The lowest BCUT2D eigenvalue weighted by atomic mass is 10.2. The smallest absolute Gasteiger partial charge is 0.223 e. The third kappa shape index (κ3) is 3.70. The van der Waals surface area contributed by atoms with Crippen molar-refractivity contribution < 1.29 is 4.74 Å². The normalized spacial score (nSPS) is 13.7. The van der Waals surface area contributed by atoms with Gasteiger partial charge < -0.3 is 15.4 Å². The third-order valence-electron chi connectivity index (χ3n) is 3.99. The van der Waals surface area contributed by atoms with Crippen LogP contribution in [0.2, 0.25) is 0 Å². The van der Waals surface area contributed by atoms with Gasteiger partial charge >= 0.3 is 0 Å². The molecule has 27 heavy (non-hydrogen) atoms. The molecule has 0 unspecified atom stereocenters. The number of aromatic nitrogens is 3. The lowest BCUT2D eigenvalue weighted by Crippen LogP contribution is -2.10. The van der Waals surface area contributed by atoms with Crippen molar-refractivity contribution in [2.75, 3.05) is 17.2 Å². The molecule has 7 nitrogen and oxygen atoms in total. The van der Waals surface area contributed by atoms with Gasteiger partial charge in [-0.15, -0.1) is 0 Å². The lowest BCUT2D eigenvalue weighted by Gasteiger charge is -2.07. The Kier molecular flexibility index (Phi) is 4.62. The standard InChI is InChI=1S/C20H16N6O/c21-13-15(19-25-17-6-1-2-7-18(17)27-19)16-9-12-24-20(26-16)23-11-8-14-5-3-4-10-22-14/h1-7,9-10,12,25H,8,11H2,(H,23,24,26)/b19-15-. The summed E-state index contributed by atoms with van der Waals surface area (Å²) >= 11 is 0. The average molecular weight is 356 g/mol. The fourth-order valence-corrected chi connectivity index (χ4v) is 2.69. The molecule has 3 heterocycles. The highest BCUT2D eigenvalue weighted by atomic mass is 16.5. The van der Waals surface area contributed by atoms with Crippen molar-refractivity contribution in [2.45, 2.75) is 6.42 Å². The van der Waals surface area contributed by atoms with Gasteiger partial charge in [-0.25, -0.2) is 9.97 Å². The van der Waals surface area contributed by atoms with Gasteiger partial charge in [0.25, 0.3) is 0 Å². The Morgan fingerprint density at radius 2 is 1.96 bits per heavy atom. The molecule has 2 aromatic heterocycles. The van der Waals surface area contributed by atoms with Gasteiger partial charge in [-0.2, -0.15) is 5.26 Å². The van der Waals surface area contributed by atoms with Crippen molar-refractivity contribution >= 4 is 17.2 Å². The fraction of sp³-hybridized carbons (Fsp3) is 0.100. The molecule has 0 aliphatic carbocycles. The summed E-state index contributed by atoms with van der Waals surface area (Å²) in [6.45, 7) is 0.638. The fourth-order valence-electron chi connectivity index (χ4n) is 2.69. The van der Waals surface area contributed by atoms with Crippen LogP contribution in [0.3, 0.4) is 0 Å². The molecule has 4 rings (SSSR count). The van der Waals surface area contributed by atoms with E-state index in [-0.39, 0.29) is 0 Å². The van der Waals surface area contributed by atoms with Crippen molar-refractivity contribution in [1.82, 2.24) is 15.0 Å². The Labute approximate surface area is 156 Å². The highest BCUT2D eigenvalue weighted by molar-refractivity contribution is 5.81. The number of rotatable bonds is 5. The van der Waals surface area contributed by atoms with Gasteiger partial charge in [-0.1, -0.05) is 18.2 Å². The molecule has 132 valence electrons. The molecule has 0 bridgehead atoms. The number of nitriles is 1. The van der Waals surface area contributed by atoms with E-state index in [1.807, 2.05) is 42.5 Å². The number of fused-ring (bicyclic) bond motifs is 1. The van der Waals surface area contributed by atoms with Crippen LogP contribution in [0.5, 0.6) is 5.75 Å². The molecule has 0 radical (unpaired) electrons. The molecule has 3 aromatic rings. The molecule has 0 atom stereocenters. The Balaban J connectivity index is 1.50. The molecule has 0 spiro atoms. The second-order valence-corrected chi connectivity index (χ2v) is 5.80. The van der Waals surface area contributed by atoms with E-state index in [9.17, 15) is 5.26 Å². The minimum Gasteiger partial charge on any atom is -0.437 e. The molecule has 0 saturated heterocycles. The van der Waals surface area contributed by atoms with Crippen molar-refractivity contribution in [1.29, 1.82) is 5.26 Å². The third-order valence-corrected chi connectivity index (χ3v) is 3.99. The van der Waals surface area contributed by atoms with Crippen LogP contribution in [-0.2, 0) is 6.42 Å². The number of para-hydroxylation sites is 2. The minimum absolute atomic E-state index is 0.321. The molecule has 0 fully saturated rings. The summed E-state index contributed by atoms with van der Waals surface area (Å²) in [6, 6.07) is 17.2. The van der Waals surface area contributed by atoms with Gasteiger partial charge in [0.05, 0.1) is 11.4 Å². The summed E-state index contributed by atoms with van der Waals surface area (Å²) < 4.78 is 5.75. The first-order valence-corrected chi connectivity index (χ1v) is 8.49. The molecule has 1 aromatic carbocycles. The van der Waals surface area contributed by atoms with E-state index in [1.165, 1.54) is 0 Å². The summed E-state index contributed by atoms with van der Waals surface area (Å²) in [5.41, 5.74) is 2.62. The number of anilines is 2. The SMILES string of the molecule is N#C/C(=C1\Nc2ccccc2O1)c1ccnc(NCCc2ccccn2)n1. The maximum Gasteiger partial charge on any atom is 0.223 e. The van der Waals surface area contributed by atoms with Crippen LogP contribution in [0.1, 0.15) is 11.4 Å². The predicted octanol–water partition coefficient (Wildman–Crippen LogP) is 3.22. The number of ether oxygens (including phenoxy) is 1. The second-order valence-electron chi connectivity index (χ2n) is 5.80. The van der Waals surface area contributed by atoms with Crippen LogP contribution < -0.4 is 15.4 Å². The summed E-state index contributed by atoms with van der Waals surface area (Å²) in [5, 5.41) is 15.9. The van der Waals surface area contributed by atoms with Crippen LogP contribution in [0.15, 0.2) is 66.8 Å². The van der Waals surface area contributed by atoms with Gasteiger partial charge in [-0.05, 0) is 30.3 Å². The van der Waals surface area contributed by atoms with Crippen LogP contribution in [0, 0.1) is 11.3 Å². The number of benzene rings is 1. The van der Waals surface area contributed by atoms with E-state index in [1.54, 1.807) is 18.5 Å². The number of pyridine rings is 1. The Morgan fingerprint density at radius 3 is 2.78 bits per heavy atom. The maximum absolute atomic E-state index is 9.62. The summed E-state index contributed by atoms with van der Waals surface area (Å²) in [5.74, 6) is 1.51. The van der Waals surface area contributed by atoms with Crippen LogP contribution >= 0.6 is 0 Å². The van der Waals surface area contributed by atoms with Crippen molar-refractivity contribution in [2.24, 2.45) is 0 Å². The topological polar surface area (TPSA) is 95.8 Å². The van der Waals surface area contributed by atoms with Gasteiger partial charge in [0.15, 0.2) is 5.75 Å². The summed E-state index contributed by atoms with van der Waals surface area (Å²) in [7, 11) is 0. The molecule has 1 aliphatic rings. The average Bonchev–Trinajstić information content (AvgIpc) is 3.13. The molecule has 1 aliphatic heterocycles. The highest BCUT2D eigenvalue weighted by Gasteiger charge is 2.21. The first-order chi connectivity index (χ1) is 13.3. The van der Waals surface area contributed by atoms with Crippen molar-refractivity contribution in [3.63, 3.8) is 0 Å². The number of nitrogens with zero attached hydrogens (tertiary/aromatic N) is 4. The first kappa shape index (κ1) is 16.5. The zero-order valence-corrected chi connectivity index (χ0v) is 14.4. The van der Waals surface area contributed by atoms with E-state index in [0.717, 1.165) is 17.8 Å². The van der Waals surface area contributed by atoms with Gasteiger partial charge in [0.2, 0.25) is 11.8 Å². The van der Waals surface area contributed by atoms with Crippen molar-refractivity contribution in [3.8, 4) is 11.8 Å². The van der Waals surface area contributed by atoms with Gasteiger partial charge in [0.1, 0.15) is 11.6 Å². The van der Waals surface area contributed by atoms with Crippen LogP contribution in [0.4, 0.5) is 11.6 Å². The molecule has 0 saturated carbocycles.